The largest absolute Gasteiger partial charge is 0.334 e. The molecule has 3 aromatic rings. The molecule has 0 spiro atoms. The number of hydrogen-bond acceptors (Lipinski definition) is 3. The number of carbonyl (C=O) groups is 1. The smallest absolute Gasteiger partial charge is 0.269 e. The van der Waals surface area contributed by atoms with E-state index in [1.165, 1.54) is 16.3 Å². The molecule has 5 nitrogen and oxygen atoms in total. The van der Waals surface area contributed by atoms with Crippen LogP contribution in [0.2, 0.25) is 0 Å². The van der Waals surface area contributed by atoms with Gasteiger partial charge in [-0.05, 0) is 37.5 Å². The highest BCUT2D eigenvalue weighted by Gasteiger charge is 2.32. The molecule has 0 atom stereocenters. The number of nitrogens with zero attached hydrogens (tertiary/aromatic N) is 3. The summed E-state index contributed by atoms with van der Waals surface area (Å²) in [5.74, 6) is -0.0209. The number of rotatable bonds is 5. The molecule has 2 aromatic carbocycles. The molecule has 4 rings (SSSR count). The van der Waals surface area contributed by atoms with Crippen LogP contribution in [0.15, 0.2) is 59.5 Å². The van der Waals surface area contributed by atoms with Gasteiger partial charge in [0.25, 0.3) is 5.56 Å². The zero-order chi connectivity index (χ0) is 18.1. The van der Waals surface area contributed by atoms with Crippen LogP contribution in [0.1, 0.15) is 24.0 Å². The molecule has 0 N–H and O–H groups in total. The van der Waals surface area contributed by atoms with Gasteiger partial charge in [-0.15, -0.1) is 0 Å². The Morgan fingerprint density at radius 1 is 1.19 bits per heavy atom. The van der Waals surface area contributed by atoms with Crippen LogP contribution in [0.4, 0.5) is 0 Å². The van der Waals surface area contributed by atoms with Gasteiger partial charge in [-0.25, -0.2) is 4.98 Å². The van der Waals surface area contributed by atoms with Crippen molar-refractivity contribution >= 4 is 16.9 Å². The summed E-state index contributed by atoms with van der Waals surface area (Å²) in [6, 6.07) is 15.9. The van der Waals surface area contributed by atoms with Crippen molar-refractivity contribution in [3.63, 3.8) is 0 Å². The summed E-state index contributed by atoms with van der Waals surface area (Å²) in [5.41, 5.74) is 3.47. The van der Waals surface area contributed by atoms with E-state index in [2.05, 4.69) is 24.0 Å². The Morgan fingerprint density at radius 2 is 2.00 bits per heavy atom. The maximum absolute atomic E-state index is 13.0. The Bertz CT molecular complexity index is 1020. The Hall–Kier alpha value is -2.95. The maximum atomic E-state index is 13.0. The third-order valence-corrected chi connectivity index (χ3v) is 4.79. The monoisotopic (exact) mass is 347 g/mol. The van der Waals surface area contributed by atoms with E-state index < -0.39 is 0 Å². The van der Waals surface area contributed by atoms with E-state index in [-0.39, 0.29) is 24.1 Å². The van der Waals surface area contributed by atoms with Gasteiger partial charge in [0.05, 0.1) is 17.2 Å². The van der Waals surface area contributed by atoms with Gasteiger partial charge in [0.15, 0.2) is 0 Å². The van der Waals surface area contributed by atoms with Crippen molar-refractivity contribution in [1.82, 2.24) is 14.5 Å². The lowest BCUT2D eigenvalue weighted by Gasteiger charge is -2.23. The average molecular weight is 347 g/mol. The molecule has 0 unspecified atom stereocenters. The fourth-order valence-electron chi connectivity index (χ4n) is 3.32. The average Bonchev–Trinajstić information content (AvgIpc) is 3.47. The van der Waals surface area contributed by atoms with Gasteiger partial charge >= 0.3 is 0 Å². The Morgan fingerprint density at radius 3 is 2.77 bits per heavy atom. The summed E-state index contributed by atoms with van der Waals surface area (Å²) < 4.78 is 1.52. The van der Waals surface area contributed by atoms with Crippen LogP contribution >= 0.6 is 0 Å². The predicted molar refractivity (Wildman–Crippen MR) is 101 cm³/mol. The number of para-hydroxylation sites is 2. The Balaban J connectivity index is 1.62. The van der Waals surface area contributed by atoms with Crippen LogP contribution in [0.25, 0.3) is 11.0 Å². The standard InChI is InChI=1S/C21H21N3O2/c1-15-5-4-6-16(11-15)13-23(17-9-10-17)21(26)14-24-19-8-3-2-7-18(19)22-12-20(24)25/h2-8,11-12,17H,9-10,13-14H2,1H3. The summed E-state index contributed by atoms with van der Waals surface area (Å²) in [6.45, 7) is 2.68. The van der Waals surface area contributed by atoms with E-state index >= 15 is 0 Å². The van der Waals surface area contributed by atoms with Crippen molar-refractivity contribution in [1.29, 1.82) is 0 Å². The van der Waals surface area contributed by atoms with Gasteiger partial charge in [-0.2, -0.15) is 0 Å². The third-order valence-electron chi connectivity index (χ3n) is 4.79. The molecule has 132 valence electrons. The number of hydrogen-bond donors (Lipinski definition) is 0. The van der Waals surface area contributed by atoms with Crippen LogP contribution in [0.3, 0.4) is 0 Å². The van der Waals surface area contributed by atoms with E-state index in [1.807, 2.05) is 41.3 Å². The zero-order valence-corrected chi connectivity index (χ0v) is 14.8. The number of aryl methyl sites for hydroxylation is 1. The molecule has 26 heavy (non-hydrogen) atoms. The number of aromatic nitrogens is 2. The second kappa shape index (κ2) is 6.75. The van der Waals surface area contributed by atoms with Crippen LogP contribution in [0, 0.1) is 6.92 Å². The minimum absolute atomic E-state index is 0.0209. The van der Waals surface area contributed by atoms with E-state index in [9.17, 15) is 9.59 Å². The number of carbonyl (C=O) groups excluding carboxylic acids is 1. The van der Waals surface area contributed by atoms with E-state index in [0.29, 0.717) is 12.1 Å². The lowest BCUT2D eigenvalue weighted by atomic mass is 10.1. The van der Waals surface area contributed by atoms with Crippen molar-refractivity contribution in [3.8, 4) is 0 Å². The zero-order valence-electron chi connectivity index (χ0n) is 14.8. The lowest BCUT2D eigenvalue weighted by molar-refractivity contribution is -0.133. The highest BCUT2D eigenvalue weighted by atomic mass is 16.2. The topological polar surface area (TPSA) is 55.2 Å². The molecule has 0 aliphatic heterocycles. The van der Waals surface area contributed by atoms with Crippen molar-refractivity contribution < 1.29 is 4.79 Å². The minimum Gasteiger partial charge on any atom is -0.334 e. The van der Waals surface area contributed by atoms with Gasteiger partial charge in [-0.1, -0.05) is 42.0 Å². The summed E-state index contributed by atoms with van der Waals surface area (Å²) in [6.07, 6.45) is 3.35. The van der Waals surface area contributed by atoms with E-state index in [1.54, 1.807) is 0 Å². The highest BCUT2D eigenvalue weighted by molar-refractivity contribution is 5.80. The quantitative estimate of drug-likeness (QED) is 0.713. The molecule has 1 saturated carbocycles. The van der Waals surface area contributed by atoms with Gasteiger partial charge in [0.1, 0.15) is 6.54 Å². The van der Waals surface area contributed by atoms with Crippen molar-refractivity contribution in [2.75, 3.05) is 0 Å². The fraction of sp³-hybridized carbons (Fsp3) is 0.286. The van der Waals surface area contributed by atoms with Gasteiger partial charge in [0, 0.05) is 12.6 Å². The lowest BCUT2D eigenvalue weighted by Crippen LogP contribution is -2.37. The molecule has 1 aromatic heterocycles. The first-order valence-electron chi connectivity index (χ1n) is 8.91. The van der Waals surface area contributed by atoms with Crippen molar-refractivity contribution in [3.05, 3.63) is 76.2 Å². The third kappa shape index (κ3) is 3.38. The van der Waals surface area contributed by atoms with E-state index in [0.717, 1.165) is 23.9 Å². The summed E-state index contributed by atoms with van der Waals surface area (Å²) in [4.78, 5) is 31.4. The molecule has 0 saturated heterocycles. The summed E-state index contributed by atoms with van der Waals surface area (Å²) in [5, 5.41) is 0. The van der Waals surface area contributed by atoms with Gasteiger partial charge in [0.2, 0.25) is 5.91 Å². The number of fused-ring (bicyclic) bond motifs is 1. The molecular weight excluding hydrogens is 326 g/mol. The Labute approximate surface area is 151 Å². The first kappa shape index (κ1) is 16.5. The number of amides is 1. The Kier molecular flexibility index (Phi) is 4.29. The van der Waals surface area contributed by atoms with Crippen molar-refractivity contribution in [2.45, 2.75) is 38.9 Å². The van der Waals surface area contributed by atoms with Crippen LogP contribution < -0.4 is 5.56 Å². The molecule has 5 heteroatoms. The minimum atomic E-state index is -0.247. The molecule has 1 fully saturated rings. The molecule has 1 aliphatic carbocycles. The second-order valence-electron chi connectivity index (χ2n) is 6.91. The predicted octanol–water partition coefficient (Wildman–Crippen LogP) is 2.90. The maximum Gasteiger partial charge on any atom is 0.269 e. The van der Waals surface area contributed by atoms with Crippen molar-refractivity contribution in [2.24, 2.45) is 0 Å². The second-order valence-corrected chi connectivity index (χ2v) is 6.91. The van der Waals surface area contributed by atoms with Gasteiger partial charge in [-0.3, -0.25) is 14.2 Å². The molecule has 1 amide bonds. The molecular formula is C21H21N3O2. The summed E-state index contributed by atoms with van der Waals surface area (Å²) >= 11 is 0. The molecule has 1 heterocycles. The first-order valence-corrected chi connectivity index (χ1v) is 8.91. The van der Waals surface area contributed by atoms with Crippen LogP contribution in [-0.2, 0) is 17.9 Å². The SMILES string of the molecule is Cc1cccc(CN(C(=O)Cn2c(=O)cnc3ccccc32)C2CC2)c1. The van der Waals surface area contributed by atoms with Gasteiger partial charge < -0.3 is 4.90 Å². The molecule has 1 aliphatic rings. The normalized spacial score (nSPS) is 13.7. The van der Waals surface area contributed by atoms with Crippen LogP contribution in [-0.4, -0.2) is 26.4 Å². The molecule has 0 bridgehead atoms. The van der Waals surface area contributed by atoms with Crippen LogP contribution in [0.5, 0.6) is 0 Å². The van der Waals surface area contributed by atoms with E-state index in [4.69, 9.17) is 0 Å². The fourth-order valence-corrected chi connectivity index (χ4v) is 3.32. The molecule has 0 radical (unpaired) electrons. The highest BCUT2D eigenvalue weighted by Crippen LogP contribution is 2.29. The first-order chi connectivity index (χ1) is 12.6. The summed E-state index contributed by atoms with van der Waals surface area (Å²) in [7, 11) is 0. The number of benzene rings is 2.